The number of benzene rings is 4. The van der Waals surface area contributed by atoms with Crippen molar-refractivity contribution in [1.82, 2.24) is 9.88 Å². The monoisotopic (exact) mass is 558 g/mol. The zero-order chi connectivity index (χ0) is 28.9. The van der Waals surface area contributed by atoms with Gasteiger partial charge in [-0.2, -0.15) is 0 Å². The first-order valence-corrected chi connectivity index (χ1v) is 13.8. The number of ether oxygens (including phenoxy) is 1. The maximum absolute atomic E-state index is 13.8. The maximum Gasteiger partial charge on any atom is 0.276 e. The van der Waals surface area contributed by atoms with Gasteiger partial charge in [0.1, 0.15) is 5.75 Å². The van der Waals surface area contributed by atoms with Gasteiger partial charge in [-0.3, -0.25) is 9.59 Å². The summed E-state index contributed by atoms with van der Waals surface area (Å²) in [5, 5.41) is 2.91. The van der Waals surface area contributed by atoms with Crippen LogP contribution in [-0.2, 0) is 0 Å². The zero-order valence-corrected chi connectivity index (χ0v) is 23.2. The molecule has 1 N–H and O–H groups in total. The zero-order valence-electron chi connectivity index (χ0n) is 23.2. The average Bonchev–Trinajstić information content (AvgIpc) is 3.51. The molecular weight excluding hydrogens is 528 g/mol. The van der Waals surface area contributed by atoms with Crippen molar-refractivity contribution in [2.45, 2.75) is 0 Å². The molecule has 6 rings (SSSR count). The Morgan fingerprint density at radius 1 is 0.786 bits per heavy atom. The van der Waals surface area contributed by atoms with Crippen molar-refractivity contribution < 1.29 is 18.7 Å². The van der Waals surface area contributed by atoms with E-state index in [1.807, 2.05) is 65.6 Å². The molecule has 1 aliphatic rings. The molecular formula is C34H30N4O4. The van der Waals surface area contributed by atoms with E-state index in [9.17, 15) is 9.59 Å². The van der Waals surface area contributed by atoms with Crippen LogP contribution in [0.4, 0.5) is 11.4 Å². The van der Waals surface area contributed by atoms with Crippen LogP contribution in [0.5, 0.6) is 5.75 Å². The summed E-state index contributed by atoms with van der Waals surface area (Å²) >= 11 is 0. The number of anilines is 2. The quantitative estimate of drug-likeness (QED) is 0.255. The number of carbonyl (C=O) groups excluding carboxylic acids is 2. The van der Waals surface area contributed by atoms with Crippen molar-refractivity contribution in [3.05, 3.63) is 120 Å². The molecule has 1 aromatic heterocycles. The van der Waals surface area contributed by atoms with Crippen molar-refractivity contribution in [2.75, 3.05) is 43.5 Å². The van der Waals surface area contributed by atoms with E-state index in [-0.39, 0.29) is 17.5 Å². The van der Waals surface area contributed by atoms with E-state index in [1.165, 1.54) is 0 Å². The normalized spacial score (nSPS) is 13.1. The van der Waals surface area contributed by atoms with E-state index in [1.54, 1.807) is 43.5 Å². The Labute approximate surface area is 244 Å². The Morgan fingerprint density at radius 2 is 1.48 bits per heavy atom. The number of nitrogens with zero attached hydrogens (tertiary/aromatic N) is 3. The highest BCUT2D eigenvalue weighted by Gasteiger charge is 2.29. The van der Waals surface area contributed by atoms with Crippen molar-refractivity contribution in [3.8, 4) is 28.5 Å². The smallest absolute Gasteiger partial charge is 0.276 e. The van der Waals surface area contributed by atoms with Gasteiger partial charge < -0.3 is 24.3 Å². The van der Waals surface area contributed by atoms with Crippen LogP contribution in [0.3, 0.4) is 0 Å². The van der Waals surface area contributed by atoms with E-state index < -0.39 is 0 Å². The Morgan fingerprint density at radius 3 is 2.17 bits per heavy atom. The lowest BCUT2D eigenvalue weighted by Crippen LogP contribution is -2.49. The number of aromatic nitrogens is 1. The Kier molecular flexibility index (Phi) is 7.68. The van der Waals surface area contributed by atoms with Gasteiger partial charge in [-0.05, 0) is 66.7 Å². The third-order valence-electron chi connectivity index (χ3n) is 7.28. The molecule has 8 nitrogen and oxygen atoms in total. The van der Waals surface area contributed by atoms with Crippen LogP contribution in [-0.4, -0.2) is 55.0 Å². The number of hydrogen-bond acceptors (Lipinski definition) is 6. The Balaban J connectivity index is 1.24. The van der Waals surface area contributed by atoms with Crippen molar-refractivity contribution in [3.63, 3.8) is 0 Å². The lowest BCUT2D eigenvalue weighted by Gasteiger charge is -2.35. The summed E-state index contributed by atoms with van der Waals surface area (Å²) < 4.78 is 11.5. The molecule has 1 fully saturated rings. The Hall–Kier alpha value is -5.37. The second-order valence-corrected chi connectivity index (χ2v) is 9.94. The number of carbonyl (C=O) groups is 2. The topological polar surface area (TPSA) is 87.9 Å². The van der Waals surface area contributed by atoms with Gasteiger partial charge in [-0.1, -0.05) is 42.5 Å². The highest BCUT2D eigenvalue weighted by molar-refractivity contribution is 6.04. The van der Waals surface area contributed by atoms with Crippen LogP contribution >= 0.6 is 0 Å². The van der Waals surface area contributed by atoms with E-state index in [0.29, 0.717) is 47.3 Å². The van der Waals surface area contributed by atoms with Crippen LogP contribution in [0, 0.1) is 0 Å². The fourth-order valence-corrected chi connectivity index (χ4v) is 4.99. The molecule has 2 amide bonds. The molecule has 8 heteroatoms. The Bertz CT molecular complexity index is 1680. The minimum Gasteiger partial charge on any atom is -0.497 e. The molecule has 0 unspecified atom stereocenters. The van der Waals surface area contributed by atoms with Crippen molar-refractivity contribution in [1.29, 1.82) is 0 Å². The molecule has 0 bridgehead atoms. The summed E-state index contributed by atoms with van der Waals surface area (Å²) in [6, 6.07) is 33.9. The summed E-state index contributed by atoms with van der Waals surface area (Å²) in [6.45, 7) is 2.62. The molecule has 1 saturated heterocycles. The molecule has 0 spiro atoms. The number of nitrogens with one attached hydrogen (secondary N) is 1. The highest BCUT2D eigenvalue weighted by Crippen LogP contribution is 2.32. The van der Waals surface area contributed by atoms with Gasteiger partial charge in [-0.25, -0.2) is 4.98 Å². The van der Waals surface area contributed by atoms with Crippen LogP contribution in [0.25, 0.3) is 22.8 Å². The van der Waals surface area contributed by atoms with E-state index in [4.69, 9.17) is 9.15 Å². The molecule has 2 heterocycles. The maximum atomic E-state index is 13.8. The van der Waals surface area contributed by atoms with Crippen molar-refractivity contribution in [2.24, 2.45) is 0 Å². The van der Waals surface area contributed by atoms with Gasteiger partial charge in [0.25, 0.3) is 11.8 Å². The SMILES string of the molecule is COc1cccc(C(=O)Nc2ccc(-c3oc(-c4ccccc4)nc3C(=O)N3CCN(c4ccccc4)CC3)cc2)c1. The summed E-state index contributed by atoms with van der Waals surface area (Å²) in [7, 11) is 1.56. The second kappa shape index (κ2) is 12.0. The third-order valence-corrected chi connectivity index (χ3v) is 7.28. The van der Waals surface area contributed by atoms with Gasteiger partial charge >= 0.3 is 0 Å². The molecule has 5 aromatic rings. The number of oxazole rings is 1. The first-order valence-electron chi connectivity index (χ1n) is 13.8. The van der Waals surface area contributed by atoms with Crippen molar-refractivity contribution >= 4 is 23.2 Å². The standard InChI is InChI=1S/C34H30N4O4/c1-41-29-14-8-11-26(23-29)32(39)35-27-17-15-24(16-18-27)31-30(36-33(42-31)25-9-4-2-5-10-25)34(40)38-21-19-37(20-22-38)28-12-6-3-7-13-28/h2-18,23H,19-22H2,1H3,(H,35,39). The molecule has 0 aliphatic carbocycles. The van der Waals surface area contributed by atoms with E-state index in [2.05, 4.69) is 27.3 Å². The van der Waals surface area contributed by atoms with Crippen LogP contribution in [0.15, 0.2) is 114 Å². The lowest BCUT2D eigenvalue weighted by atomic mass is 10.1. The fraction of sp³-hybridized carbons (Fsp3) is 0.147. The minimum atomic E-state index is -0.252. The van der Waals surface area contributed by atoms with Crippen LogP contribution < -0.4 is 15.0 Å². The fourth-order valence-electron chi connectivity index (χ4n) is 4.99. The number of rotatable bonds is 7. The largest absolute Gasteiger partial charge is 0.497 e. The van der Waals surface area contributed by atoms with Gasteiger partial charge in [0, 0.05) is 54.2 Å². The first-order chi connectivity index (χ1) is 20.6. The average molecular weight is 559 g/mol. The summed E-state index contributed by atoms with van der Waals surface area (Å²) in [4.78, 5) is 35.4. The first kappa shape index (κ1) is 26.8. The number of para-hydroxylation sites is 1. The number of methoxy groups -OCH3 is 1. The summed E-state index contributed by atoms with van der Waals surface area (Å²) in [6.07, 6.45) is 0. The summed E-state index contributed by atoms with van der Waals surface area (Å²) in [5.41, 5.74) is 4.00. The molecule has 4 aromatic carbocycles. The van der Waals surface area contributed by atoms with Gasteiger partial charge in [-0.15, -0.1) is 0 Å². The lowest BCUT2D eigenvalue weighted by molar-refractivity contribution is 0.0741. The summed E-state index contributed by atoms with van der Waals surface area (Å²) in [5.74, 6) is 0.968. The van der Waals surface area contributed by atoms with Crippen LogP contribution in [0.2, 0.25) is 0 Å². The van der Waals surface area contributed by atoms with E-state index >= 15 is 0 Å². The molecule has 1 aliphatic heterocycles. The van der Waals surface area contributed by atoms with Gasteiger partial charge in [0.2, 0.25) is 5.89 Å². The van der Waals surface area contributed by atoms with Gasteiger partial charge in [0.05, 0.1) is 7.11 Å². The third kappa shape index (κ3) is 5.74. The molecule has 0 saturated carbocycles. The van der Waals surface area contributed by atoms with E-state index in [0.717, 1.165) is 24.3 Å². The van der Waals surface area contributed by atoms with Crippen LogP contribution in [0.1, 0.15) is 20.8 Å². The number of hydrogen-bond donors (Lipinski definition) is 1. The number of amides is 2. The molecule has 42 heavy (non-hydrogen) atoms. The predicted octanol–water partition coefficient (Wildman–Crippen LogP) is 6.23. The molecule has 0 atom stereocenters. The second-order valence-electron chi connectivity index (χ2n) is 9.94. The minimum absolute atomic E-state index is 0.168. The van der Waals surface area contributed by atoms with Gasteiger partial charge in [0.15, 0.2) is 11.5 Å². The molecule has 0 radical (unpaired) electrons. The molecule has 210 valence electrons. The highest BCUT2D eigenvalue weighted by atomic mass is 16.5. The number of piperazine rings is 1. The predicted molar refractivity (Wildman–Crippen MR) is 163 cm³/mol.